The lowest BCUT2D eigenvalue weighted by Crippen LogP contribution is -2.39. The Hall–Kier alpha value is -0.370. The van der Waals surface area contributed by atoms with Gasteiger partial charge in [-0.25, -0.2) is 0 Å². The summed E-state index contributed by atoms with van der Waals surface area (Å²) in [7, 11) is 0. The number of carbonyl (C=O) groups is 1. The van der Waals surface area contributed by atoms with Crippen LogP contribution >= 0.6 is 0 Å². The Morgan fingerprint density at radius 3 is 2.25 bits per heavy atom. The van der Waals surface area contributed by atoms with Crippen molar-refractivity contribution < 1.29 is 4.79 Å². The number of Topliss-reactive ketones (excluding diaryl/α,β-unsaturated/α-hetero) is 1. The van der Waals surface area contributed by atoms with Gasteiger partial charge in [-0.05, 0) is 24.2 Å². The molecular formula is C10H17NO. The quantitative estimate of drug-likeness (QED) is 0.591. The molecule has 2 aliphatic carbocycles. The minimum Gasteiger partial charge on any atom is -0.321 e. The average Bonchev–Trinajstić information content (AvgIpc) is 2.26. The first-order valence-electron chi connectivity index (χ1n) is 4.71. The van der Waals surface area contributed by atoms with Gasteiger partial charge in [0, 0.05) is 5.41 Å². The third-order valence-corrected chi connectivity index (χ3v) is 4.58. The second-order valence-corrected chi connectivity index (χ2v) is 5.09. The molecule has 2 aliphatic rings. The molecule has 2 heteroatoms. The molecule has 0 aromatic carbocycles. The summed E-state index contributed by atoms with van der Waals surface area (Å²) < 4.78 is 0. The Balaban J connectivity index is 2.50. The highest BCUT2D eigenvalue weighted by Crippen LogP contribution is 2.62. The smallest absolute Gasteiger partial charge is 0.156 e. The van der Waals surface area contributed by atoms with Crippen LogP contribution in [0.2, 0.25) is 0 Å². The van der Waals surface area contributed by atoms with Crippen molar-refractivity contribution in [1.82, 2.24) is 0 Å². The Kier molecular flexibility index (Phi) is 1.32. The summed E-state index contributed by atoms with van der Waals surface area (Å²) in [5.74, 6) is 0.721. The molecule has 2 fully saturated rings. The molecule has 0 aromatic rings. The van der Waals surface area contributed by atoms with Crippen molar-refractivity contribution in [1.29, 1.82) is 0 Å². The lowest BCUT2D eigenvalue weighted by Gasteiger charge is -2.32. The van der Waals surface area contributed by atoms with Crippen LogP contribution in [-0.4, -0.2) is 11.8 Å². The summed E-state index contributed by atoms with van der Waals surface area (Å²) in [5, 5.41) is 0. The van der Waals surface area contributed by atoms with Crippen LogP contribution in [0.5, 0.6) is 0 Å². The average molecular weight is 167 g/mol. The van der Waals surface area contributed by atoms with E-state index in [0.717, 1.165) is 12.8 Å². The Labute approximate surface area is 73.5 Å². The molecule has 3 atom stereocenters. The van der Waals surface area contributed by atoms with E-state index in [1.54, 1.807) is 0 Å². The summed E-state index contributed by atoms with van der Waals surface area (Å²) in [6.45, 7) is 6.47. The molecule has 2 bridgehead atoms. The Morgan fingerprint density at radius 2 is 2.00 bits per heavy atom. The van der Waals surface area contributed by atoms with Gasteiger partial charge in [0.05, 0.1) is 6.04 Å². The Bertz CT molecular complexity index is 246. The fraction of sp³-hybridized carbons (Fsp3) is 0.900. The summed E-state index contributed by atoms with van der Waals surface area (Å²) in [4.78, 5) is 11.8. The summed E-state index contributed by atoms with van der Waals surface area (Å²) in [6.07, 6.45) is 2.17. The highest BCUT2D eigenvalue weighted by molar-refractivity contribution is 5.94. The molecule has 2 saturated carbocycles. The van der Waals surface area contributed by atoms with Crippen LogP contribution in [0.1, 0.15) is 33.6 Å². The van der Waals surface area contributed by atoms with Crippen LogP contribution in [0.15, 0.2) is 0 Å². The minimum absolute atomic E-state index is 0.128. The first-order chi connectivity index (χ1) is 5.41. The fourth-order valence-electron chi connectivity index (χ4n) is 3.16. The maximum atomic E-state index is 11.8. The SMILES string of the molecule is CC1(C)C2CC[C@]1(C)C(=O)C2N. The molecular weight excluding hydrogens is 150 g/mol. The summed E-state index contributed by atoms with van der Waals surface area (Å²) in [5.41, 5.74) is 5.88. The van der Waals surface area contributed by atoms with Gasteiger partial charge < -0.3 is 5.73 Å². The maximum Gasteiger partial charge on any atom is 0.156 e. The highest BCUT2D eigenvalue weighted by Gasteiger charge is 2.65. The molecule has 2 N–H and O–H groups in total. The van der Waals surface area contributed by atoms with E-state index in [1.807, 2.05) is 0 Å². The normalized spacial score (nSPS) is 50.2. The zero-order valence-electron chi connectivity index (χ0n) is 8.05. The van der Waals surface area contributed by atoms with Gasteiger partial charge in [-0.1, -0.05) is 20.8 Å². The number of carbonyl (C=O) groups excluding carboxylic acids is 1. The van der Waals surface area contributed by atoms with E-state index >= 15 is 0 Å². The van der Waals surface area contributed by atoms with Gasteiger partial charge in [-0.2, -0.15) is 0 Å². The molecule has 0 heterocycles. The van der Waals surface area contributed by atoms with Crippen molar-refractivity contribution in [2.24, 2.45) is 22.5 Å². The predicted molar refractivity (Wildman–Crippen MR) is 47.6 cm³/mol. The molecule has 2 nitrogen and oxygen atoms in total. The van der Waals surface area contributed by atoms with Crippen LogP contribution in [0.4, 0.5) is 0 Å². The molecule has 0 spiro atoms. The van der Waals surface area contributed by atoms with Gasteiger partial charge in [-0.15, -0.1) is 0 Å². The summed E-state index contributed by atoms with van der Waals surface area (Å²) in [6, 6.07) is -0.182. The number of ketones is 1. The molecule has 0 aliphatic heterocycles. The van der Waals surface area contributed by atoms with Gasteiger partial charge >= 0.3 is 0 Å². The number of nitrogens with two attached hydrogens (primary N) is 1. The molecule has 0 aromatic heterocycles. The van der Waals surface area contributed by atoms with Crippen LogP contribution in [0, 0.1) is 16.7 Å². The third-order valence-electron chi connectivity index (χ3n) is 4.58. The first-order valence-corrected chi connectivity index (χ1v) is 4.71. The lowest BCUT2D eigenvalue weighted by atomic mass is 9.70. The third kappa shape index (κ3) is 0.598. The monoisotopic (exact) mass is 167 g/mol. The first kappa shape index (κ1) is 8.24. The van der Waals surface area contributed by atoms with E-state index in [1.165, 1.54) is 0 Å². The van der Waals surface area contributed by atoms with E-state index in [4.69, 9.17) is 5.73 Å². The Morgan fingerprint density at radius 1 is 1.42 bits per heavy atom. The van der Waals surface area contributed by atoms with Crippen LogP contribution < -0.4 is 5.73 Å². The van der Waals surface area contributed by atoms with Crippen molar-refractivity contribution in [3.8, 4) is 0 Å². The lowest BCUT2D eigenvalue weighted by molar-refractivity contribution is -0.129. The van der Waals surface area contributed by atoms with E-state index in [-0.39, 0.29) is 16.9 Å². The molecule has 12 heavy (non-hydrogen) atoms. The molecule has 2 rings (SSSR count). The largest absolute Gasteiger partial charge is 0.321 e. The van der Waals surface area contributed by atoms with Gasteiger partial charge in [0.1, 0.15) is 0 Å². The maximum absolute atomic E-state index is 11.8. The van der Waals surface area contributed by atoms with Crippen LogP contribution in [0.3, 0.4) is 0 Å². The summed E-state index contributed by atoms with van der Waals surface area (Å²) >= 11 is 0. The van der Waals surface area contributed by atoms with Crippen LogP contribution in [-0.2, 0) is 4.79 Å². The zero-order valence-corrected chi connectivity index (χ0v) is 8.05. The van der Waals surface area contributed by atoms with E-state index in [0.29, 0.717) is 11.7 Å². The second kappa shape index (κ2) is 1.92. The van der Waals surface area contributed by atoms with Gasteiger partial charge in [0.15, 0.2) is 5.78 Å². The molecule has 0 radical (unpaired) electrons. The van der Waals surface area contributed by atoms with Crippen LogP contribution in [0.25, 0.3) is 0 Å². The van der Waals surface area contributed by atoms with E-state index in [9.17, 15) is 4.79 Å². The fourth-order valence-corrected chi connectivity index (χ4v) is 3.16. The zero-order chi connectivity index (χ0) is 9.15. The van der Waals surface area contributed by atoms with Gasteiger partial charge in [-0.3, -0.25) is 4.79 Å². The predicted octanol–water partition coefficient (Wildman–Crippen LogP) is 1.34. The topological polar surface area (TPSA) is 43.1 Å². The van der Waals surface area contributed by atoms with Crippen molar-refractivity contribution in [3.63, 3.8) is 0 Å². The second-order valence-electron chi connectivity index (χ2n) is 5.09. The molecule has 0 saturated heterocycles. The standard InChI is InChI=1S/C10H17NO/c1-9(2)6-4-5-10(9,3)8(12)7(6)11/h6-7H,4-5,11H2,1-3H3/t6?,7?,10-/m1/s1. The molecule has 0 amide bonds. The van der Waals surface area contributed by atoms with Crippen molar-refractivity contribution in [2.75, 3.05) is 0 Å². The van der Waals surface area contributed by atoms with E-state index < -0.39 is 0 Å². The van der Waals surface area contributed by atoms with Gasteiger partial charge in [0.25, 0.3) is 0 Å². The van der Waals surface area contributed by atoms with Gasteiger partial charge in [0.2, 0.25) is 0 Å². The van der Waals surface area contributed by atoms with Crippen molar-refractivity contribution in [2.45, 2.75) is 39.7 Å². The molecule has 2 unspecified atom stereocenters. The van der Waals surface area contributed by atoms with Crippen molar-refractivity contribution in [3.05, 3.63) is 0 Å². The van der Waals surface area contributed by atoms with Crippen molar-refractivity contribution >= 4 is 5.78 Å². The number of rotatable bonds is 0. The molecule has 68 valence electrons. The number of hydrogen-bond acceptors (Lipinski definition) is 2. The number of hydrogen-bond donors (Lipinski definition) is 1. The number of fused-ring (bicyclic) bond motifs is 2. The highest BCUT2D eigenvalue weighted by atomic mass is 16.1. The van der Waals surface area contributed by atoms with E-state index in [2.05, 4.69) is 20.8 Å². The minimum atomic E-state index is -0.182.